The third-order valence-electron chi connectivity index (χ3n) is 5.87. The van der Waals surface area contributed by atoms with Crippen molar-refractivity contribution in [2.75, 3.05) is 6.61 Å². The number of ketones is 1. The molecule has 29 heavy (non-hydrogen) atoms. The molecule has 1 aromatic heterocycles. The highest BCUT2D eigenvalue weighted by Crippen LogP contribution is 2.38. The van der Waals surface area contributed by atoms with E-state index < -0.39 is 30.2 Å². The number of rotatable bonds is 8. The highest BCUT2D eigenvalue weighted by atomic mass is 16.6. The van der Waals surface area contributed by atoms with Crippen molar-refractivity contribution in [3.63, 3.8) is 0 Å². The Labute approximate surface area is 169 Å². The van der Waals surface area contributed by atoms with E-state index in [4.69, 9.17) is 9.47 Å². The van der Waals surface area contributed by atoms with Crippen LogP contribution in [0, 0.1) is 11.8 Å². The van der Waals surface area contributed by atoms with E-state index in [1.165, 1.54) is 10.9 Å². The Kier molecular flexibility index (Phi) is 6.75. The summed E-state index contributed by atoms with van der Waals surface area (Å²) in [5, 5.41) is 44.5. The average Bonchev–Trinajstić information content (AvgIpc) is 3.29. The topological polar surface area (TPSA) is 138 Å². The Morgan fingerprint density at radius 1 is 1.34 bits per heavy atom. The number of epoxide rings is 1. The molecule has 0 amide bonds. The normalized spacial score (nSPS) is 34.6. The largest absolute Gasteiger partial charge is 0.507 e. The van der Waals surface area contributed by atoms with Gasteiger partial charge in [0.25, 0.3) is 0 Å². The fraction of sp³-hybridized carbons (Fsp3) is 0.700. The lowest BCUT2D eigenvalue weighted by Gasteiger charge is -2.37. The summed E-state index contributed by atoms with van der Waals surface area (Å²) in [4.78, 5) is 12.2. The van der Waals surface area contributed by atoms with E-state index in [9.17, 15) is 25.2 Å². The number of aryl methyl sites for hydroxylation is 1. The molecule has 4 N–H and O–H groups in total. The van der Waals surface area contributed by atoms with Crippen LogP contribution in [0.25, 0.3) is 5.76 Å². The fourth-order valence-corrected chi connectivity index (χ4v) is 3.76. The van der Waals surface area contributed by atoms with Crippen LogP contribution in [0.5, 0.6) is 0 Å². The van der Waals surface area contributed by atoms with Crippen molar-refractivity contribution in [1.82, 2.24) is 9.78 Å². The number of allylic oxidation sites excluding steroid dienone is 1. The van der Waals surface area contributed by atoms with Gasteiger partial charge in [0.1, 0.15) is 11.9 Å². The lowest BCUT2D eigenvalue weighted by molar-refractivity contribution is -0.169. The first kappa shape index (κ1) is 21.9. The number of aromatic nitrogens is 2. The molecule has 3 rings (SSSR count). The van der Waals surface area contributed by atoms with E-state index in [0.717, 1.165) is 6.08 Å². The van der Waals surface area contributed by atoms with Crippen LogP contribution in [0.15, 0.2) is 18.5 Å². The molecule has 2 aliphatic rings. The summed E-state index contributed by atoms with van der Waals surface area (Å²) >= 11 is 0. The quantitative estimate of drug-likeness (QED) is 0.271. The van der Waals surface area contributed by atoms with Gasteiger partial charge in [0.2, 0.25) is 0 Å². The number of hydrogen-bond acceptors (Lipinski definition) is 8. The lowest BCUT2D eigenvalue weighted by Crippen LogP contribution is -2.51. The Morgan fingerprint density at radius 2 is 2.07 bits per heavy atom. The summed E-state index contributed by atoms with van der Waals surface area (Å²) in [5.41, 5.74) is 0.413. The van der Waals surface area contributed by atoms with Crippen LogP contribution >= 0.6 is 0 Å². The second-order valence-corrected chi connectivity index (χ2v) is 8.19. The van der Waals surface area contributed by atoms with Gasteiger partial charge in [0.15, 0.2) is 5.78 Å². The summed E-state index contributed by atoms with van der Waals surface area (Å²) in [5.74, 6) is -0.948. The van der Waals surface area contributed by atoms with E-state index in [1.807, 2.05) is 6.92 Å². The van der Waals surface area contributed by atoms with E-state index in [2.05, 4.69) is 5.10 Å². The van der Waals surface area contributed by atoms with Crippen molar-refractivity contribution < 1.29 is 34.7 Å². The van der Waals surface area contributed by atoms with Crippen molar-refractivity contribution >= 4 is 11.5 Å². The molecule has 0 aliphatic carbocycles. The van der Waals surface area contributed by atoms with Crippen molar-refractivity contribution in [2.45, 2.75) is 63.3 Å². The first-order chi connectivity index (χ1) is 13.7. The molecule has 0 bridgehead atoms. The number of carbonyl (C=O) groups excluding carboxylic acids is 1. The van der Waals surface area contributed by atoms with Gasteiger partial charge in [0, 0.05) is 37.6 Å². The summed E-state index contributed by atoms with van der Waals surface area (Å²) < 4.78 is 12.7. The Hall–Kier alpha value is -1.78. The number of nitrogens with zero attached hydrogens (tertiary/aromatic N) is 2. The summed E-state index contributed by atoms with van der Waals surface area (Å²) in [6.07, 6.45) is 0.739. The molecule has 1 aromatic rings. The van der Waals surface area contributed by atoms with Gasteiger partial charge in [-0.1, -0.05) is 6.92 Å². The van der Waals surface area contributed by atoms with Gasteiger partial charge in [-0.3, -0.25) is 9.48 Å². The predicted octanol–water partition coefficient (Wildman–Crippen LogP) is 0.189. The molecule has 3 heterocycles. The average molecular weight is 410 g/mol. The van der Waals surface area contributed by atoms with E-state index >= 15 is 0 Å². The minimum Gasteiger partial charge on any atom is -0.507 e. The maximum absolute atomic E-state index is 12.2. The molecular formula is C20H30N2O7. The minimum absolute atomic E-state index is 0.00350. The first-order valence-corrected chi connectivity index (χ1v) is 9.91. The van der Waals surface area contributed by atoms with Crippen LogP contribution < -0.4 is 0 Å². The molecule has 162 valence electrons. The minimum atomic E-state index is -1.21. The van der Waals surface area contributed by atoms with Gasteiger partial charge in [0.05, 0.1) is 48.9 Å². The number of aliphatic hydroxyl groups excluding tert-OH is 4. The summed E-state index contributed by atoms with van der Waals surface area (Å²) in [7, 11) is 1.70. The Bertz CT molecular complexity index is 747. The zero-order valence-corrected chi connectivity index (χ0v) is 16.9. The number of aliphatic hydroxyl groups is 4. The van der Waals surface area contributed by atoms with Crippen LogP contribution in [0.2, 0.25) is 0 Å². The molecular weight excluding hydrogens is 380 g/mol. The van der Waals surface area contributed by atoms with Crippen LogP contribution in [0.4, 0.5) is 0 Å². The van der Waals surface area contributed by atoms with Gasteiger partial charge in [-0.25, -0.2) is 0 Å². The highest BCUT2D eigenvalue weighted by molar-refractivity contribution is 5.95. The van der Waals surface area contributed by atoms with Gasteiger partial charge in [-0.2, -0.15) is 5.10 Å². The van der Waals surface area contributed by atoms with E-state index in [0.29, 0.717) is 12.0 Å². The third kappa shape index (κ3) is 5.23. The van der Waals surface area contributed by atoms with E-state index in [-0.39, 0.29) is 42.8 Å². The van der Waals surface area contributed by atoms with E-state index in [1.54, 1.807) is 20.2 Å². The van der Waals surface area contributed by atoms with Crippen molar-refractivity contribution in [2.24, 2.45) is 18.9 Å². The molecule has 9 heteroatoms. The van der Waals surface area contributed by atoms with Crippen LogP contribution in [-0.2, 0) is 21.3 Å². The zero-order valence-electron chi connectivity index (χ0n) is 16.9. The standard InChI is InChI=1S/C20H30N2O7/c1-10(11(2)23)20-17(29-20)4-12-9-28-16(19(27)18(12)26)6-14(24)5-15(25)13-7-21-22(3)8-13/h5,7-8,10-12,16-20,23,25-27H,4,6,9H2,1-3H3/b15-5+/t10-,11-,12-,16-,17-,18+,19-,20-/m0/s1. The molecule has 0 radical (unpaired) electrons. The number of ether oxygens (including phenoxy) is 2. The van der Waals surface area contributed by atoms with Gasteiger partial charge >= 0.3 is 0 Å². The van der Waals surface area contributed by atoms with Crippen LogP contribution in [0.1, 0.15) is 32.3 Å². The second-order valence-electron chi connectivity index (χ2n) is 8.19. The lowest BCUT2D eigenvalue weighted by atomic mass is 9.85. The maximum atomic E-state index is 12.2. The van der Waals surface area contributed by atoms with Crippen LogP contribution in [0.3, 0.4) is 0 Å². The molecule has 0 aromatic carbocycles. The second kappa shape index (κ2) is 8.93. The molecule has 2 fully saturated rings. The smallest absolute Gasteiger partial charge is 0.162 e. The molecule has 9 nitrogen and oxygen atoms in total. The first-order valence-electron chi connectivity index (χ1n) is 9.91. The van der Waals surface area contributed by atoms with Crippen LogP contribution in [-0.4, -0.2) is 79.2 Å². The monoisotopic (exact) mass is 410 g/mol. The maximum Gasteiger partial charge on any atom is 0.162 e. The number of hydrogen-bond donors (Lipinski definition) is 4. The zero-order chi connectivity index (χ0) is 21.3. The van der Waals surface area contributed by atoms with Crippen molar-refractivity contribution in [3.8, 4) is 0 Å². The molecule has 0 unspecified atom stereocenters. The molecule has 0 spiro atoms. The van der Waals surface area contributed by atoms with Gasteiger partial charge in [-0.05, 0) is 13.3 Å². The Morgan fingerprint density at radius 3 is 2.69 bits per heavy atom. The molecule has 8 atom stereocenters. The molecule has 2 saturated heterocycles. The van der Waals surface area contributed by atoms with Crippen molar-refractivity contribution in [3.05, 3.63) is 24.0 Å². The summed E-state index contributed by atoms with van der Waals surface area (Å²) in [6, 6.07) is 0. The van der Waals surface area contributed by atoms with Gasteiger partial charge in [-0.15, -0.1) is 0 Å². The fourth-order valence-electron chi connectivity index (χ4n) is 3.76. The third-order valence-corrected chi connectivity index (χ3v) is 5.87. The Balaban J connectivity index is 1.50. The van der Waals surface area contributed by atoms with Gasteiger partial charge < -0.3 is 29.9 Å². The molecule has 2 aliphatic heterocycles. The van der Waals surface area contributed by atoms with Crippen molar-refractivity contribution in [1.29, 1.82) is 0 Å². The SMILES string of the molecule is C[C@H]([C@@H]1O[C@H]1C[C@H]1CO[C@@H](CC(=O)/C=C(/O)c2cnn(C)c2)[C@H](O)[C@@H]1O)[C@H](C)O. The predicted molar refractivity (Wildman–Crippen MR) is 103 cm³/mol. The summed E-state index contributed by atoms with van der Waals surface area (Å²) in [6.45, 7) is 3.83. The highest BCUT2D eigenvalue weighted by Gasteiger charge is 2.48. The number of carbonyl (C=O) groups is 1. The molecule has 0 saturated carbocycles.